The molecule has 2 aromatic carbocycles. The number of aliphatic hydroxyl groups is 1. The average Bonchev–Trinajstić information content (AvgIpc) is 2.54. The molecule has 7 heteroatoms. The van der Waals surface area contributed by atoms with Gasteiger partial charge in [0.05, 0.1) is 5.56 Å². The van der Waals surface area contributed by atoms with Crippen LogP contribution in [0.2, 0.25) is 0 Å². The molecule has 0 aliphatic heterocycles. The Morgan fingerprint density at radius 1 is 1.12 bits per heavy atom. The third-order valence-electron chi connectivity index (χ3n) is 3.33. The third-order valence-corrected chi connectivity index (χ3v) is 3.86. The Bertz CT molecular complexity index is 647. The molecule has 0 heterocycles. The van der Waals surface area contributed by atoms with E-state index in [9.17, 15) is 18.3 Å². The van der Waals surface area contributed by atoms with Gasteiger partial charge in [0, 0.05) is 10.0 Å². The van der Waals surface area contributed by atoms with Crippen molar-refractivity contribution >= 4 is 15.9 Å². The topological polar surface area (TPSA) is 46.1 Å². The van der Waals surface area contributed by atoms with Crippen molar-refractivity contribution in [3.05, 3.63) is 64.1 Å². The minimum atomic E-state index is -4.34. The summed E-state index contributed by atoms with van der Waals surface area (Å²) in [5.41, 5.74) is -0.0987. The Kier molecular flexibility index (Phi) is 6.65. The molecule has 0 saturated heterocycles. The molecule has 3 nitrogen and oxygen atoms in total. The lowest BCUT2D eigenvalue weighted by atomic mass is 10.1. The van der Waals surface area contributed by atoms with E-state index in [1.54, 1.807) is 23.5 Å². The molecule has 0 radical (unpaired) electrons. The van der Waals surface area contributed by atoms with Crippen LogP contribution >= 0.6 is 15.9 Å². The van der Waals surface area contributed by atoms with E-state index in [1.165, 1.54) is 6.07 Å². The highest BCUT2D eigenvalue weighted by Crippen LogP contribution is 2.29. The fourth-order valence-electron chi connectivity index (χ4n) is 2.11. The van der Waals surface area contributed by atoms with Gasteiger partial charge in [0.15, 0.2) is 0 Å². The van der Waals surface area contributed by atoms with Gasteiger partial charge < -0.3 is 15.2 Å². The largest absolute Gasteiger partial charge is 0.491 e. The minimum absolute atomic E-state index is 0.126. The van der Waals surface area contributed by atoms with Gasteiger partial charge in [-0.3, -0.25) is 0 Å². The van der Waals surface area contributed by atoms with E-state index in [4.69, 9.17) is 4.74 Å². The molecule has 3 N–H and O–H groups in total. The van der Waals surface area contributed by atoms with E-state index in [0.29, 0.717) is 24.4 Å². The second-order valence-electron chi connectivity index (χ2n) is 5.35. The van der Waals surface area contributed by atoms with Crippen molar-refractivity contribution < 1.29 is 28.3 Å². The van der Waals surface area contributed by atoms with E-state index in [1.807, 2.05) is 12.1 Å². The Morgan fingerprint density at radius 2 is 1.83 bits per heavy atom. The van der Waals surface area contributed by atoms with Crippen LogP contribution in [-0.4, -0.2) is 24.4 Å². The molecule has 0 saturated carbocycles. The van der Waals surface area contributed by atoms with Gasteiger partial charge in [0.2, 0.25) is 0 Å². The predicted octanol–water partition coefficient (Wildman–Crippen LogP) is 2.97. The standard InChI is InChI=1S/C17H17BrF3NO2/c18-14-4-6-16(7-5-14)24-11-15(23)10-22-9-12-2-1-3-13(8-12)17(19,20)21/h1-8,15,22-23H,9-11H2/p+1/t15-/m0/s1. The molecule has 0 aromatic heterocycles. The molecular weight excluding hydrogens is 387 g/mol. The highest BCUT2D eigenvalue weighted by molar-refractivity contribution is 9.10. The summed E-state index contributed by atoms with van der Waals surface area (Å²) in [6, 6.07) is 12.4. The molecule has 0 amide bonds. The maximum atomic E-state index is 12.6. The van der Waals surface area contributed by atoms with Gasteiger partial charge in [-0.2, -0.15) is 13.2 Å². The number of aliphatic hydroxyl groups excluding tert-OH is 1. The fraction of sp³-hybridized carbons (Fsp3) is 0.294. The monoisotopic (exact) mass is 404 g/mol. The Labute approximate surface area is 146 Å². The summed E-state index contributed by atoms with van der Waals surface area (Å²) >= 11 is 3.32. The number of benzene rings is 2. The van der Waals surface area contributed by atoms with Gasteiger partial charge in [-0.1, -0.05) is 28.1 Å². The van der Waals surface area contributed by atoms with Crippen LogP contribution in [0.15, 0.2) is 53.0 Å². The van der Waals surface area contributed by atoms with Gasteiger partial charge in [-0.25, -0.2) is 0 Å². The number of hydrogen-bond acceptors (Lipinski definition) is 2. The Hall–Kier alpha value is -1.57. The van der Waals surface area contributed by atoms with Crippen molar-refractivity contribution in [2.75, 3.05) is 13.2 Å². The normalized spacial score (nSPS) is 12.9. The minimum Gasteiger partial charge on any atom is -0.491 e. The number of halogens is 4. The molecule has 0 spiro atoms. The quantitative estimate of drug-likeness (QED) is 0.744. The molecule has 2 rings (SSSR count). The maximum absolute atomic E-state index is 12.6. The van der Waals surface area contributed by atoms with E-state index in [-0.39, 0.29) is 6.61 Å². The summed E-state index contributed by atoms with van der Waals surface area (Å²) in [5.74, 6) is 0.648. The van der Waals surface area contributed by atoms with E-state index in [2.05, 4.69) is 15.9 Å². The number of hydrogen-bond donors (Lipinski definition) is 2. The summed E-state index contributed by atoms with van der Waals surface area (Å²) in [6.07, 6.45) is -5.05. The Morgan fingerprint density at radius 3 is 2.50 bits per heavy atom. The number of alkyl halides is 3. The lowest BCUT2D eigenvalue weighted by Crippen LogP contribution is -2.85. The third kappa shape index (κ3) is 6.14. The molecular formula is C17H18BrF3NO2+. The van der Waals surface area contributed by atoms with Crippen LogP contribution in [-0.2, 0) is 12.7 Å². The first kappa shape index (κ1) is 18.8. The molecule has 1 atom stereocenters. The zero-order valence-corrected chi connectivity index (χ0v) is 14.3. The highest BCUT2D eigenvalue weighted by Gasteiger charge is 2.30. The van der Waals surface area contributed by atoms with Gasteiger partial charge >= 0.3 is 6.18 Å². The van der Waals surface area contributed by atoms with Crippen molar-refractivity contribution in [3.8, 4) is 5.75 Å². The van der Waals surface area contributed by atoms with Crippen LogP contribution in [0.4, 0.5) is 13.2 Å². The number of quaternary nitrogens is 1. The summed E-state index contributed by atoms with van der Waals surface area (Å²) in [5, 5.41) is 11.6. The number of nitrogens with two attached hydrogens (primary N) is 1. The first-order valence-corrected chi connectivity index (χ1v) is 8.18. The smallest absolute Gasteiger partial charge is 0.416 e. The van der Waals surface area contributed by atoms with Crippen LogP contribution in [0, 0.1) is 0 Å². The fourth-order valence-corrected chi connectivity index (χ4v) is 2.37. The van der Waals surface area contributed by atoms with Gasteiger partial charge in [0.25, 0.3) is 0 Å². The van der Waals surface area contributed by atoms with Gasteiger partial charge in [0.1, 0.15) is 31.5 Å². The van der Waals surface area contributed by atoms with E-state index >= 15 is 0 Å². The molecule has 0 aliphatic rings. The summed E-state index contributed by atoms with van der Waals surface area (Å²) in [4.78, 5) is 0. The average molecular weight is 405 g/mol. The predicted molar refractivity (Wildman–Crippen MR) is 87.6 cm³/mol. The molecule has 130 valence electrons. The lowest BCUT2D eigenvalue weighted by molar-refractivity contribution is -0.676. The van der Waals surface area contributed by atoms with Crippen LogP contribution in [0.5, 0.6) is 5.75 Å². The summed E-state index contributed by atoms with van der Waals surface area (Å²) in [6.45, 7) is 0.826. The highest BCUT2D eigenvalue weighted by atomic mass is 79.9. The van der Waals surface area contributed by atoms with Crippen molar-refractivity contribution in [1.82, 2.24) is 0 Å². The molecule has 24 heavy (non-hydrogen) atoms. The van der Waals surface area contributed by atoms with E-state index in [0.717, 1.165) is 16.6 Å². The molecule has 0 aliphatic carbocycles. The van der Waals surface area contributed by atoms with Crippen LogP contribution in [0.3, 0.4) is 0 Å². The maximum Gasteiger partial charge on any atom is 0.416 e. The lowest BCUT2D eigenvalue weighted by Gasteiger charge is -2.12. The van der Waals surface area contributed by atoms with Crippen LogP contribution in [0.25, 0.3) is 0 Å². The van der Waals surface area contributed by atoms with Crippen LogP contribution in [0.1, 0.15) is 11.1 Å². The number of ether oxygens (including phenoxy) is 1. The summed E-state index contributed by atoms with van der Waals surface area (Å²) in [7, 11) is 0. The number of rotatable bonds is 7. The van der Waals surface area contributed by atoms with E-state index < -0.39 is 17.8 Å². The summed E-state index contributed by atoms with van der Waals surface area (Å²) < 4.78 is 44.3. The van der Waals surface area contributed by atoms with Crippen molar-refractivity contribution in [3.63, 3.8) is 0 Å². The SMILES string of the molecule is O[C@@H](C[NH2+]Cc1cccc(C(F)(F)F)c1)COc1ccc(Br)cc1. The molecule has 0 unspecified atom stereocenters. The first-order valence-electron chi connectivity index (χ1n) is 7.39. The zero-order chi connectivity index (χ0) is 17.6. The van der Waals surface area contributed by atoms with Crippen LogP contribution < -0.4 is 10.1 Å². The van der Waals surface area contributed by atoms with Crippen molar-refractivity contribution in [2.24, 2.45) is 0 Å². The second kappa shape index (κ2) is 8.50. The first-order chi connectivity index (χ1) is 11.3. The zero-order valence-electron chi connectivity index (χ0n) is 12.8. The molecule has 0 fully saturated rings. The Balaban J connectivity index is 1.74. The van der Waals surface area contributed by atoms with Gasteiger partial charge in [-0.15, -0.1) is 0 Å². The second-order valence-corrected chi connectivity index (χ2v) is 6.26. The van der Waals surface area contributed by atoms with Crippen molar-refractivity contribution in [1.29, 1.82) is 0 Å². The van der Waals surface area contributed by atoms with Gasteiger partial charge in [-0.05, 0) is 36.4 Å². The molecule has 2 aromatic rings. The van der Waals surface area contributed by atoms with Crippen molar-refractivity contribution in [2.45, 2.75) is 18.8 Å². The molecule has 0 bridgehead atoms.